The smallest absolute Gasteiger partial charge is 0.223 e. The zero-order chi connectivity index (χ0) is 14.5. The number of aromatic nitrogens is 2. The van der Waals surface area contributed by atoms with Gasteiger partial charge in [-0.25, -0.2) is 4.39 Å². The fourth-order valence-electron chi connectivity index (χ4n) is 1.74. The normalized spacial score (nSPS) is 10.3. The van der Waals surface area contributed by atoms with Gasteiger partial charge in [0, 0.05) is 18.3 Å². The molecule has 1 heterocycles. The Morgan fingerprint density at radius 2 is 1.95 bits per heavy atom. The van der Waals surface area contributed by atoms with Crippen molar-refractivity contribution in [2.75, 3.05) is 22.9 Å². The summed E-state index contributed by atoms with van der Waals surface area (Å²) in [6.07, 6.45) is 0.990. The average molecular weight is 275 g/mol. The lowest BCUT2D eigenvalue weighted by molar-refractivity contribution is 0.619. The Labute approximate surface area is 117 Å². The number of nitrogens with zero attached hydrogens (tertiary/aromatic N) is 2. The summed E-state index contributed by atoms with van der Waals surface area (Å²) in [6, 6.07) is 6.55. The number of anilines is 4. The van der Waals surface area contributed by atoms with E-state index in [1.54, 1.807) is 25.1 Å². The molecule has 2 aromatic rings. The van der Waals surface area contributed by atoms with Gasteiger partial charge in [-0.3, -0.25) is 0 Å². The second-order valence-corrected chi connectivity index (χ2v) is 4.51. The minimum absolute atomic E-state index is 0.187. The second kappa shape index (κ2) is 6.18. The van der Waals surface area contributed by atoms with E-state index in [-0.39, 0.29) is 11.8 Å². The third-order valence-electron chi connectivity index (χ3n) is 2.73. The molecule has 0 bridgehead atoms. The quantitative estimate of drug-likeness (QED) is 0.782. The molecule has 0 aliphatic carbocycles. The Balaban J connectivity index is 2.19. The lowest BCUT2D eigenvalue weighted by atomic mass is 10.2. The molecule has 0 saturated heterocycles. The molecule has 0 saturated carbocycles. The van der Waals surface area contributed by atoms with Crippen molar-refractivity contribution in [2.45, 2.75) is 20.3 Å². The van der Waals surface area contributed by atoms with E-state index < -0.39 is 0 Å². The van der Waals surface area contributed by atoms with Crippen LogP contribution in [0.15, 0.2) is 24.3 Å². The van der Waals surface area contributed by atoms with Gasteiger partial charge >= 0.3 is 0 Å². The molecule has 5 nitrogen and oxygen atoms in total. The SMILES string of the molecule is CCCNc1cc(Nc2ccc(F)c(C)c2)nc(N)n1. The summed E-state index contributed by atoms with van der Waals surface area (Å²) in [6.45, 7) is 4.59. The first kappa shape index (κ1) is 14.0. The molecule has 0 aliphatic rings. The molecule has 4 N–H and O–H groups in total. The summed E-state index contributed by atoms with van der Waals surface area (Å²) >= 11 is 0. The highest BCUT2D eigenvalue weighted by atomic mass is 19.1. The van der Waals surface area contributed by atoms with Gasteiger partial charge in [0.05, 0.1) is 0 Å². The van der Waals surface area contributed by atoms with E-state index in [4.69, 9.17) is 5.73 Å². The standard InChI is InChI=1S/C14H18FN5/c1-3-6-17-12-8-13(20-14(16)19-12)18-10-4-5-11(15)9(2)7-10/h4-5,7-8H,3,6H2,1-2H3,(H4,16,17,18,19,20). The number of nitrogens with one attached hydrogen (secondary N) is 2. The van der Waals surface area contributed by atoms with E-state index >= 15 is 0 Å². The number of halogens is 1. The van der Waals surface area contributed by atoms with Crippen molar-refractivity contribution < 1.29 is 4.39 Å². The maximum absolute atomic E-state index is 13.2. The Bertz CT molecular complexity index is 600. The fraction of sp³-hybridized carbons (Fsp3) is 0.286. The van der Waals surface area contributed by atoms with E-state index in [9.17, 15) is 4.39 Å². The number of nitrogens with two attached hydrogens (primary N) is 1. The summed E-state index contributed by atoms with van der Waals surface area (Å²) in [7, 11) is 0. The topological polar surface area (TPSA) is 75.9 Å². The maximum Gasteiger partial charge on any atom is 0.223 e. The van der Waals surface area contributed by atoms with Crippen molar-refractivity contribution >= 4 is 23.3 Å². The Morgan fingerprint density at radius 1 is 1.20 bits per heavy atom. The van der Waals surface area contributed by atoms with Crippen LogP contribution in [0.3, 0.4) is 0 Å². The Kier molecular flexibility index (Phi) is 4.34. The van der Waals surface area contributed by atoms with Crippen LogP contribution in [-0.4, -0.2) is 16.5 Å². The van der Waals surface area contributed by atoms with Crippen LogP contribution < -0.4 is 16.4 Å². The largest absolute Gasteiger partial charge is 0.370 e. The summed E-state index contributed by atoms with van der Waals surface area (Å²) in [5, 5.41) is 6.24. The second-order valence-electron chi connectivity index (χ2n) is 4.51. The number of benzene rings is 1. The molecule has 0 spiro atoms. The molecule has 6 heteroatoms. The summed E-state index contributed by atoms with van der Waals surface area (Å²) in [5.41, 5.74) is 7.00. The molecule has 2 rings (SSSR count). The lowest BCUT2D eigenvalue weighted by Gasteiger charge is -2.10. The first-order valence-corrected chi connectivity index (χ1v) is 6.50. The minimum atomic E-state index is -0.233. The predicted octanol–water partition coefficient (Wildman–Crippen LogP) is 3.07. The summed E-state index contributed by atoms with van der Waals surface area (Å²) in [4.78, 5) is 8.21. The summed E-state index contributed by atoms with van der Waals surface area (Å²) < 4.78 is 13.2. The van der Waals surface area contributed by atoms with Crippen LogP contribution in [0.5, 0.6) is 0 Å². The van der Waals surface area contributed by atoms with Crippen LogP contribution in [0, 0.1) is 12.7 Å². The fourth-order valence-corrected chi connectivity index (χ4v) is 1.74. The molecule has 0 amide bonds. The molecule has 1 aromatic heterocycles. The maximum atomic E-state index is 13.2. The molecular weight excluding hydrogens is 257 g/mol. The Hall–Kier alpha value is -2.37. The third kappa shape index (κ3) is 3.57. The van der Waals surface area contributed by atoms with Gasteiger partial charge < -0.3 is 16.4 Å². The van der Waals surface area contributed by atoms with Gasteiger partial charge in [0.1, 0.15) is 17.5 Å². The van der Waals surface area contributed by atoms with Crippen LogP contribution in [0.4, 0.5) is 27.7 Å². The first-order chi connectivity index (χ1) is 9.58. The minimum Gasteiger partial charge on any atom is -0.370 e. The van der Waals surface area contributed by atoms with Gasteiger partial charge in [-0.2, -0.15) is 9.97 Å². The van der Waals surface area contributed by atoms with Gasteiger partial charge in [0.15, 0.2) is 0 Å². The van der Waals surface area contributed by atoms with E-state index in [0.717, 1.165) is 18.7 Å². The van der Waals surface area contributed by atoms with Crippen molar-refractivity contribution in [1.29, 1.82) is 0 Å². The van der Waals surface area contributed by atoms with Crippen LogP contribution in [-0.2, 0) is 0 Å². The zero-order valence-electron chi connectivity index (χ0n) is 11.6. The van der Waals surface area contributed by atoms with Crippen LogP contribution in [0.1, 0.15) is 18.9 Å². The number of aryl methyl sites for hydroxylation is 1. The van der Waals surface area contributed by atoms with Crippen LogP contribution >= 0.6 is 0 Å². The highest BCUT2D eigenvalue weighted by Gasteiger charge is 2.04. The molecule has 0 radical (unpaired) electrons. The van der Waals surface area contributed by atoms with E-state index in [2.05, 4.69) is 27.5 Å². The van der Waals surface area contributed by atoms with Crippen molar-refractivity contribution in [3.63, 3.8) is 0 Å². The number of hydrogen-bond acceptors (Lipinski definition) is 5. The number of nitrogen functional groups attached to an aromatic ring is 1. The van der Waals surface area contributed by atoms with Crippen LogP contribution in [0.25, 0.3) is 0 Å². The van der Waals surface area contributed by atoms with E-state index in [0.29, 0.717) is 17.2 Å². The molecule has 0 unspecified atom stereocenters. The summed E-state index contributed by atoms with van der Waals surface area (Å²) in [5.74, 6) is 1.19. The third-order valence-corrected chi connectivity index (χ3v) is 2.73. The molecule has 106 valence electrons. The van der Waals surface area contributed by atoms with Crippen LogP contribution in [0.2, 0.25) is 0 Å². The van der Waals surface area contributed by atoms with Crippen molar-refractivity contribution in [1.82, 2.24) is 9.97 Å². The van der Waals surface area contributed by atoms with Gasteiger partial charge in [-0.1, -0.05) is 6.92 Å². The lowest BCUT2D eigenvalue weighted by Crippen LogP contribution is -2.06. The van der Waals surface area contributed by atoms with Crippen molar-refractivity contribution in [3.05, 3.63) is 35.6 Å². The van der Waals surface area contributed by atoms with Crippen molar-refractivity contribution in [2.24, 2.45) is 0 Å². The van der Waals surface area contributed by atoms with Crippen molar-refractivity contribution in [3.8, 4) is 0 Å². The molecule has 0 atom stereocenters. The van der Waals surface area contributed by atoms with E-state index in [1.165, 1.54) is 6.07 Å². The highest BCUT2D eigenvalue weighted by molar-refractivity contribution is 5.61. The van der Waals surface area contributed by atoms with Gasteiger partial charge in [-0.05, 0) is 37.1 Å². The molecule has 0 fully saturated rings. The van der Waals surface area contributed by atoms with Gasteiger partial charge in [0.2, 0.25) is 5.95 Å². The Morgan fingerprint density at radius 3 is 2.65 bits per heavy atom. The van der Waals surface area contributed by atoms with E-state index in [1.807, 2.05) is 0 Å². The molecular formula is C14H18FN5. The monoisotopic (exact) mass is 275 g/mol. The molecule has 0 aliphatic heterocycles. The molecule has 20 heavy (non-hydrogen) atoms. The number of hydrogen-bond donors (Lipinski definition) is 3. The molecule has 1 aromatic carbocycles. The highest BCUT2D eigenvalue weighted by Crippen LogP contribution is 2.20. The van der Waals surface area contributed by atoms with Gasteiger partial charge in [-0.15, -0.1) is 0 Å². The predicted molar refractivity (Wildman–Crippen MR) is 79.6 cm³/mol. The average Bonchev–Trinajstić information content (AvgIpc) is 2.40. The zero-order valence-corrected chi connectivity index (χ0v) is 11.6. The number of rotatable bonds is 5. The first-order valence-electron chi connectivity index (χ1n) is 6.50. The van der Waals surface area contributed by atoms with Gasteiger partial charge in [0.25, 0.3) is 0 Å².